The number of carbonyl (C=O) groups is 1. The highest BCUT2D eigenvalue weighted by atomic mass is 19.3. The van der Waals surface area contributed by atoms with Gasteiger partial charge in [-0.2, -0.15) is 0 Å². The zero-order valence-corrected chi connectivity index (χ0v) is 11.5. The van der Waals surface area contributed by atoms with Gasteiger partial charge in [0.25, 0.3) is 6.43 Å². The molecule has 0 aromatic carbocycles. The van der Waals surface area contributed by atoms with Crippen LogP contribution in [0.3, 0.4) is 0 Å². The highest BCUT2D eigenvalue weighted by Crippen LogP contribution is 2.15. The molecule has 1 rings (SSSR count). The van der Waals surface area contributed by atoms with Crippen LogP contribution in [0.5, 0.6) is 0 Å². The number of alkyl carbamates (subject to hydrolysis) is 1. The van der Waals surface area contributed by atoms with Crippen LogP contribution in [0.15, 0.2) is 12.5 Å². The lowest BCUT2D eigenvalue weighted by Gasteiger charge is -2.22. The summed E-state index contributed by atoms with van der Waals surface area (Å²) in [4.78, 5) is 15.4. The maximum atomic E-state index is 12.4. The molecule has 0 aliphatic heterocycles. The van der Waals surface area contributed by atoms with Crippen LogP contribution in [0.4, 0.5) is 13.6 Å². The van der Waals surface area contributed by atoms with Crippen LogP contribution in [-0.2, 0) is 11.3 Å². The summed E-state index contributed by atoms with van der Waals surface area (Å²) in [5, 5.41) is 2.59. The Morgan fingerprint density at radius 1 is 1.53 bits per heavy atom. The van der Waals surface area contributed by atoms with Crippen LogP contribution < -0.4 is 5.32 Å². The van der Waals surface area contributed by atoms with Gasteiger partial charge in [-0.05, 0) is 27.7 Å². The average Bonchev–Trinajstić information content (AvgIpc) is 2.61. The molecule has 1 heterocycles. The van der Waals surface area contributed by atoms with Crippen molar-refractivity contribution in [3.8, 4) is 0 Å². The molecule has 19 heavy (non-hydrogen) atoms. The summed E-state index contributed by atoms with van der Waals surface area (Å²) < 4.78 is 31.1. The van der Waals surface area contributed by atoms with Crippen LogP contribution in [0.1, 0.15) is 39.4 Å². The van der Waals surface area contributed by atoms with Crippen molar-refractivity contribution < 1.29 is 18.3 Å². The molecule has 1 N–H and O–H groups in total. The van der Waals surface area contributed by atoms with Crippen LogP contribution in [0.2, 0.25) is 0 Å². The average molecular weight is 275 g/mol. The SMILES string of the molecule is CC(NC(=O)OC(C)(C)C)c1cncn1CC(F)F. The van der Waals surface area contributed by atoms with Crippen LogP contribution in [-0.4, -0.2) is 27.7 Å². The predicted octanol–water partition coefficient (Wildman–Crippen LogP) is 2.73. The van der Waals surface area contributed by atoms with E-state index in [2.05, 4.69) is 10.3 Å². The van der Waals surface area contributed by atoms with E-state index in [1.54, 1.807) is 27.7 Å². The molecule has 1 unspecified atom stereocenters. The molecule has 5 nitrogen and oxygen atoms in total. The number of rotatable bonds is 4. The summed E-state index contributed by atoms with van der Waals surface area (Å²) in [6.07, 6.45) is -0.300. The highest BCUT2D eigenvalue weighted by Gasteiger charge is 2.20. The van der Waals surface area contributed by atoms with E-state index in [1.807, 2.05) is 0 Å². The van der Waals surface area contributed by atoms with E-state index in [0.717, 1.165) is 0 Å². The minimum atomic E-state index is -2.47. The summed E-state index contributed by atoms with van der Waals surface area (Å²) in [5.41, 5.74) is -0.0984. The van der Waals surface area contributed by atoms with Crippen molar-refractivity contribution in [2.45, 2.75) is 52.3 Å². The molecule has 1 atom stereocenters. The zero-order chi connectivity index (χ0) is 14.6. The van der Waals surface area contributed by atoms with Gasteiger partial charge in [-0.25, -0.2) is 18.6 Å². The zero-order valence-electron chi connectivity index (χ0n) is 11.5. The van der Waals surface area contributed by atoms with Gasteiger partial charge in [0.15, 0.2) is 0 Å². The van der Waals surface area contributed by atoms with Crippen molar-refractivity contribution in [1.82, 2.24) is 14.9 Å². The van der Waals surface area contributed by atoms with Gasteiger partial charge in [0.1, 0.15) is 5.60 Å². The lowest BCUT2D eigenvalue weighted by atomic mass is 10.2. The van der Waals surface area contributed by atoms with E-state index in [-0.39, 0.29) is 0 Å². The fourth-order valence-electron chi connectivity index (χ4n) is 1.55. The second-order valence-corrected chi connectivity index (χ2v) is 5.23. The first-order valence-electron chi connectivity index (χ1n) is 5.96. The fourth-order valence-corrected chi connectivity index (χ4v) is 1.55. The number of amides is 1. The number of aromatic nitrogens is 2. The van der Waals surface area contributed by atoms with Gasteiger partial charge in [-0.1, -0.05) is 0 Å². The molecular weight excluding hydrogens is 256 g/mol. The fraction of sp³-hybridized carbons (Fsp3) is 0.667. The quantitative estimate of drug-likeness (QED) is 0.919. The molecule has 7 heteroatoms. The van der Waals surface area contributed by atoms with Gasteiger partial charge in [-0.3, -0.25) is 0 Å². The Balaban J connectivity index is 2.65. The summed E-state index contributed by atoms with van der Waals surface area (Å²) >= 11 is 0. The van der Waals surface area contributed by atoms with Crippen molar-refractivity contribution in [3.05, 3.63) is 18.2 Å². The van der Waals surface area contributed by atoms with E-state index < -0.39 is 30.7 Å². The monoisotopic (exact) mass is 275 g/mol. The normalized spacial score (nSPS) is 13.4. The van der Waals surface area contributed by atoms with Gasteiger partial charge < -0.3 is 14.6 Å². The van der Waals surface area contributed by atoms with Gasteiger partial charge in [0.05, 0.1) is 30.8 Å². The Morgan fingerprint density at radius 2 is 2.16 bits per heavy atom. The first-order valence-corrected chi connectivity index (χ1v) is 5.96. The number of ether oxygens (including phenoxy) is 1. The summed E-state index contributed by atoms with van der Waals surface area (Å²) in [6.45, 7) is 6.48. The second kappa shape index (κ2) is 5.99. The lowest BCUT2D eigenvalue weighted by molar-refractivity contribution is 0.0505. The number of carbonyl (C=O) groups excluding carboxylic acids is 1. The molecule has 0 aliphatic rings. The minimum Gasteiger partial charge on any atom is -0.444 e. The van der Waals surface area contributed by atoms with Crippen LogP contribution in [0, 0.1) is 0 Å². The van der Waals surface area contributed by atoms with Gasteiger partial charge in [0, 0.05) is 0 Å². The number of imidazole rings is 1. The van der Waals surface area contributed by atoms with E-state index in [1.165, 1.54) is 17.1 Å². The molecule has 0 aliphatic carbocycles. The van der Waals surface area contributed by atoms with E-state index in [0.29, 0.717) is 5.69 Å². The highest BCUT2D eigenvalue weighted by molar-refractivity contribution is 5.68. The predicted molar refractivity (Wildman–Crippen MR) is 66.0 cm³/mol. The number of nitrogens with zero attached hydrogens (tertiary/aromatic N) is 2. The third kappa shape index (κ3) is 5.23. The topological polar surface area (TPSA) is 56.1 Å². The molecule has 0 radical (unpaired) electrons. The van der Waals surface area contributed by atoms with E-state index >= 15 is 0 Å². The Kier molecular flexibility index (Phi) is 4.85. The maximum absolute atomic E-state index is 12.4. The van der Waals surface area contributed by atoms with Crippen molar-refractivity contribution in [2.75, 3.05) is 0 Å². The molecular formula is C12H19F2N3O2. The number of halogens is 2. The Labute approximate surface area is 111 Å². The first kappa shape index (κ1) is 15.4. The molecule has 1 aromatic heterocycles. The van der Waals surface area contributed by atoms with Crippen molar-refractivity contribution in [3.63, 3.8) is 0 Å². The summed E-state index contributed by atoms with van der Waals surface area (Å²) in [7, 11) is 0. The Hall–Kier alpha value is -1.66. The molecule has 0 spiro atoms. The van der Waals surface area contributed by atoms with E-state index in [9.17, 15) is 13.6 Å². The summed E-state index contributed by atoms with van der Waals surface area (Å²) in [6, 6.07) is -0.462. The first-order chi connectivity index (χ1) is 8.69. The van der Waals surface area contributed by atoms with Crippen LogP contribution in [0.25, 0.3) is 0 Å². The van der Waals surface area contributed by atoms with Gasteiger partial charge in [-0.15, -0.1) is 0 Å². The smallest absolute Gasteiger partial charge is 0.408 e. The van der Waals surface area contributed by atoms with Crippen molar-refractivity contribution >= 4 is 6.09 Å². The number of hydrogen-bond acceptors (Lipinski definition) is 3. The molecule has 0 fully saturated rings. The number of hydrogen-bond donors (Lipinski definition) is 1. The molecule has 1 aromatic rings. The summed E-state index contributed by atoms with van der Waals surface area (Å²) in [5.74, 6) is 0. The van der Waals surface area contributed by atoms with Crippen LogP contribution >= 0.6 is 0 Å². The molecule has 0 bridgehead atoms. The Bertz CT molecular complexity index is 427. The number of nitrogens with one attached hydrogen (secondary N) is 1. The standard InChI is InChI=1S/C12H19F2N3O2/c1-8(16-11(18)19-12(2,3)4)9-5-15-7-17(9)6-10(13)14/h5,7-8,10H,6H2,1-4H3,(H,16,18). The molecule has 0 saturated heterocycles. The van der Waals surface area contributed by atoms with Gasteiger partial charge >= 0.3 is 6.09 Å². The molecule has 0 saturated carbocycles. The molecule has 1 amide bonds. The lowest BCUT2D eigenvalue weighted by Crippen LogP contribution is -2.34. The maximum Gasteiger partial charge on any atom is 0.408 e. The third-order valence-electron chi connectivity index (χ3n) is 2.26. The molecule has 108 valence electrons. The largest absolute Gasteiger partial charge is 0.444 e. The minimum absolute atomic E-state index is 0.449. The van der Waals surface area contributed by atoms with Gasteiger partial charge in [0.2, 0.25) is 0 Å². The number of alkyl halides is 2. The van der Waals surface area contributed by atoms with Crippen molar-refractivity contribution in [2.24, 2.45) is 0 Å². The second-order valence-electron chi connectivity index (χ2n) is 5.23. The van der Waals surface area contributed by atoms with E-state index in [4.69, 9.17) is 4.74 Å². The Morgan fingerprint density at radius 3 is 2.68 bits per heavy atom. The third-order valence-corrected chi connectivity index (χ3v) is 2.26. The van der Waals surface area contributed by atoms with Crippen molar-refractivity contribution in [1.29, 1.82) is 0 Å².